The smallest absolute Gasteiger partial charge is 0.200 e. The Morgan fingerprint density at radius 1 is 1.29 bits per heavy atom. The molecule has 72 valence electrons. The van der Waals surface area contributed by atoms with E-state index in [-0.39, 0.29) is 0 Å². The van der Waals surface area contributed by atoms with E-state index in [1.54, 1.807) is 7.11 Å². The first-order chi connectivity index (χ1) is 6.79. The summed E-state index contributed by atoms with van der Waals surface area (Å²) >= 11 is 1.19. The first-order valence-corrected chi connectivity index (χ1v) is 4.80. The highest BCUT2D eigenvalue weighted by molar-refractivity contribution is 7.09. The third-order valence-corrected chi connectivity index (χ3v) is 2.33. The number of ether oxygens (including phenoxy) is 1. The Morgan fingerprint density at radius 3 is 2.50 bits per heavy atom. The van der Waals surface area contributed by atoms with Crippen molar-refractivity contribution in [2.45, 2.75) is 0 Å². The first-order valence-electron chi connectivity index (χ1n) is 4.03. The van der Waals surface area contributed by atoms with Crippen LogP contribution >= 0.6 is 11.5 Å². The predicted molar refractivity (Wildman–Crippen MR) is 56.3 cm³/mol. The van der Waals surface area contributed by atoms with Crippen LogP contribution in [0.5, 0.6) is 5.75 Å². The van der Waals surface area contributed by atoms with Crippen molar-refractivity contribution in [3.63, 3.8) is 0 Å². The van der Waals surface area contributed by atoms with Gasteiger partial charge in [0.15, 0.2) is 11.0 Å². The molecule has 14 heavy (non-hydrogen) atoms. The van der Waals surface area contributed by atoms with Gasteiger partial charge < -0.3 is 10.5 Å². The first kappa shape index (κ1) is 8.96. The molecule has 0 atom stereocenters. The molecule has 0 bridgehead atoms. The number of nitrogens with two attached hydrogens (primary N) is 1. The quantitative estimate of drug-likeness (QED) is 0.815. The predicted octanol–water partition coefficient (Wildman–Crippen LogP) is 1.80. The minimum Gasteiger partial charge on any atom is -0.497 e. The highest BCUT2D eigenvalue weighted by Crippen LogP contribution is 2.21. The zero-order chi connectivity index (χ0) is 9.97. The Morgan fingerprint density at radius 2 is 2.00 bits per heavy atom. The molecule has 0 radical (unpaired) electrons. The second kappa shape index (κ2) is 3.63. The highest BCUT2D eigenvalue weighted by atomic mass is 32.1. The molecule has 0 aliphatic heterocycles. The molecule has 2 N–H and O–H groups in total. The van der Waals surface area contributed by atoms with Crippen LogP contribution in [0.1, 0.15) is 0 Å². The Balaban J connectivity index is 2.33. The summed E-state index contributed by atoms with van der Waals surface area (Å²) in [6, 6.07) is 7.54. The van der Waals surface area contributed by atoms with Gasteiger partial charge in [0.05, 0.1) is 7.11 Å². The van der Waals surface area contributed by atoms with E-state index in [9.17, 15) is 0 Å². The van der Waals surface area contributed by atoms with E-state index in [2.05, 4.69) is 9.36 Å². The molecule has 0 saturated carbocycles. The van der Waals surface area contributed by atoms with Gasteiger partial charge in [-0.05, 0) is 24.3 Å². The fraction of sp³-hybridized carbons (Fsp3) is 0.111. The number of nitrogen functional groups attached to an aromatic ring is 1. The number of anilines is 1. The molecule has 1 aromatic heterocycles. The van der Waals surface area contributed by atoms with E-state index in [0.717, 1.165) is 11.3 Å². The summed E-state index contributed by atoms with van der Waals surface area (Å²) in [5.41, 5.74) is 6.44. The van der Waals surface area contributed by atoms with Crippen molar-refractivity contribution in [1.29, 1.82) is 0 Å². The van der Waals surface area contributed by atoms with Crippen LogP contribution in [0, 0.1) is 0 Å². The molecule has 0 aliphatic carbocycles. The van der Waals surface area contributed by atoms with E-state index in [1.165, 1.54) is 11.5 Å². The maximum atomic E-state index is 5.49. The molecule has 0 amide bonds. The maximum Gasteiger partial charge on any atom is 0.200 e. The molecule has 5 heteroatoms. The molecule has 0 spiro atoms. The van der Waals surface area contributed by atoms with Gasteiger partial charge in [0.1, 0.15) is 5.75 Å². The minimum absolute atomic E-state index is 0.482. The van der Waals surface area contributed by atoms with E-state index in [0.29, 0.717) is 11.0 Å². The van der Waals surface area contributed by atoms with Gasteiger partial charge in [-0.2, -0.15) is 9.36 Å². The van der Waals surface area contributed by atoms with E-state index < -0.39 is 0 Å². The average molecular weight is 207 g/mol. The number of hydrogen-bond donors (Lipinski definition) is 1. The van der Waals surface area contributed by atoms with E-state index in [1.807, 2.05) is 24.3 Å². The van der Waals surface area contributed by atoms with Crippen molar-refractivity contribution in [2.24, 2.45) is 0 Å². The topological polar surface area (TPSA) is 61.0 Å². The highest BCUT2D eigenvalue weighted by Gasteiger charge is 2.03. The van der Waals surface area contributed by atoms with E-state index in [4.69, 9.17) is 10.5 Å². The van der Waals surface area contributed by atoms with Crippen molar-refractivity contribution in [3.8, 4) is 17.1 Å². The molecular formula is C9H9N3OS. The van der Waals surface area contributed by atoms with Gasteiger partial charge in [0.25, 0.3) is 0 Å². The fourth-order valence-corrected chi connectivity index (χ4v) is 1.55. The summed E-state index contributed by atoms with van der Waals surface area (Å²) < 4.78 is 9.15. The minimum atomic E-state index is 0.482. The standard InChI is InChI=1S/C9H9N3OS/c1-13-7-4-2-6(3-5-7)8-11-9(10)14-12-8/h2-5H,1H3,(H2,10,11,12). The van der Waals surface area contributed by atoms with Gasteiger partial charge in [-0.25, -0.2) is 0 Å². The number of benzene rings is 1. The lowest BCUT2D eigenvalue weighted by Gasteiger charge is -1.99. The summed E-state index contributed by atoms with van der Waals surface area (Å²) in [4.78, 5) is 4.08. The van der Waals surface area contributed by atoms with E-state index >= 15 is 0 Å². The van der Waals surface area contributed by atoms with Gasteiger partial charge in [-0.15, -0.1) is 0 Å². The molecule has 1 aromatic carbocycles. The van der Waals surface area contributed by atoms with Gasteiger partial charge in [0.2, 0.25) is 0 Å². The summed E-state index contributed by atoms with van der Waals surface area (Å²) in [6.07, 6.45) is 0. The second-order valence-corrected chi connectivity index (χ2v) is 3.47. The number of rotatable bonds is 2. The Labute approximate surface area is 85.5 Å². The molecule has 2 rings (SSSR count). The fourth-order valence-electron chi connectivity index (χ4n) is 1.09. The Bertz CT molecular complexity index is 424. The number of methoxy groups -OCH3 is 1. The molecule has 4 nitrogen and oxygen atoms in total. The Kier molecular flexibility index (Phi) is 2.32. The van der Waals surface area contributed by atoms with Gasteiger partial charge in [0, 0.05) is 17.1 Å². The van der Waals surface area contributed by atoms with Crippen molar-refractivity contribution >= 4 is 16.7 Å². The van der Waals surface area contributed by atoms with Crippen LogP contribution in [-0.4, -0.2) is 16.5 Å². The van der Waals surface area contributed by atoms with Crippen LogP contribution in [0.4, 0.5) is 5.13 Å². The van der Waals surface area contributed by atoms with Crippen LogP contribution < -0.4 is 10.5 Å². The second-order valence-electron chi connectivity index (χ2n) is 2.68. The number of hydrogen-bond acceptors (Lipinski definition) is 5. The van der Waals surface area contributed by atoms with Crippen LogP contribution in [0.3, 0.4) is 0 Å². The number of aromatic nitrogens is 2. The largest absolute Gasteiger partial charge is 0.497 e. The van der Waals surface area contributed by atoms with Crippen molar-refractivity contribution in [2.75, 3.05) is 12.8 Å². The molecular weight excluding hydrogens is 198 g/mol. The Hall–Kier alpha value is -1.62. The van der Waals surface area contributed by atoms with Crippen molar-refractivity contribution in [1.82, 2.24) is 9.36 Å². The van der Waals surface area contributed by atoms with Crippen molar-refractivity contribution in [3.05, 3.63) is 24.3 Å². The summed E-state index contributed by atoms with van der Waals surface area (Å²) in [5, 5.41) is 0.482. The van der Waals surface area contributed by atoms with Gasteiger partial charge in [-0.1, -0.05) is 0 Å². The van der Waals surface area contributed by atoms with Gasteiger partial charge in [-0.3, -0.25) is 0 Å². The van der Waals surface area contributed by atoms with Crippen LogP contribution in [0.15, 0.2) is 24.3 Å². The van der Waals surface area contributed by atoms with Crippen molar-refractivity contribution < 1.29 is 4.74 Å². The third-order valence-electron chi connectivity index (χ3n) is 1.79. The third kappa shape index (κ3) is 1.67. The summed E-state index contributed by atoms with van der Waals surface area (Å²) in [5.74, 6) is 1.48. The molecule has 0 aliphatic rings. The van der Waals surface area contributed by atoms with Crippen LogP contribution in [0.25, 0.3) is 11.4 Å². The molecule has 1 heterocycles. The lowest BCUT2D eigenvalue weighted by Crippen LogP contribution is -1.85. The zero-order valence-corrected chi connectivity index (χ0v) is 8.41. The normalized spacial score (nSPS) is 10.1. The lowest BCUT2D eigenvalue weighted by atomic mass is 10.2. The lowest BCUT2D eigenvalue weighted by molar-refractivity contribution is 0.415. The SMILES string of the molecule is COc1ccc(-c2nsc(N)n2)cc1. The number of nitrogens with zero attached hydrogens (tertiary/aromatic N) is 2. The molecule has 0 unspecified atom stereocenters. The molecule has 2 aromatic rings. The average Bonchev–Trinajstić information content (AvgIpc) is 2.65. The molecule has 0 saturated heterocycles. The zero-order valence-electron chi connectivity index (χ0n) is 7.60. The monoisotopic (exact) mass is 207 g/mol. The summed E-state index contributed by atoms with van der Waals surface area (Å²) in [7, 11) is 1.63. The maximum absolute atomic E-state index is 5.49. The summed E-state index contributed by atoms with van der Waals surface area (Å²) in [6.45, 7) is 0. The van der Waals surface area contributed by atoms with Gasteiger partial charge >= 0.3 is 0 Å². The molecule has 0 fully saturated rings. The van der Waals surface area contributed by atoms with Crippen LogP contribution in [-0.2, 0) is 0 Å². The van der Waals surface area contributed by atoms with Crippen LogP contribution in [0.2, 0.25) is 0 Å².